The molecule has 2 saturated carbocycles. The lowest BCUT2D eigenvalue weighted by Gasteiger charge is -2.37. The van der Waals surface area contributed by atoms with Crippen molar-refractivity contribution in [2.75, 3.05) is 13.2 Å². The van der Waals surface area contributed by atoms with Gasteiger partial charge in [0, 0.05) is 25.1 Å². The number of carbonyl (C=O) groups is 1. The van der Waals surface area contributed by atoms with Gasteiger partial charge in [0.05, 0.1) is 5.60 Å². The molecule has 0 aromatic carbocycles. The van der Waals surface area contributed by atoms with Gasteiger partial charge in [0.2, 0.25) is 5.91 Å². The average molecular weight is 282 g/mol. The van der Waals surface area contributed by atoms with E-state index in [-0.39, 0.29) is 23.5 Å². The van der Waals surface area contributed by atoms with Crippen LogP contribution in [0.25, 0.3) is 0 Å². The minimum atomic E-state index is -0.107. The van der Waals surface area contributed by atoms with Crippen molar-refractivity contribution in [2.24, 2.45) is 11.7 Å². The summed E-state index contributed by atoms with van der Waals surface area (Å²) in [6.07, 6.45) is 9.69. The van der Waals surface area contributed by atoms with Gasteiger partial charge in [-0.3, -0.25) is 4.79 Å². The highest BCUT2D eigenvalue weighted by Crippen LogP contribution is 2.32. The van der Waals surface area contributed by atoms with Gasteiger partial charge in [-0.2, -0.15) is 0 Å². The van der Waals surface area contributed by atoms with Crippen LogP contribution in [0.4, 0.5) is 0 Å². The summed E-state index contributed by atoms with van der Waals surface area (Å²) in [5.74, 6) is 0.305. The second kappa shape index (κ2) is 7.41. The van der Waals surface area contributed by atoms with Crippen LogP contribution in [0, 0.1) is 5.92 Å². The fourth-order valence-electron chi connectivity index (χ4n) is 3.53. The number of rotatable bonds is 6. The summed E-state index contributed by atoms with van der Waals surface area (Å²) < 4.78 is 6.11. The maximum absolute atomic E-state index is 12.2. The molecule has 0 aromatic heterocycles. The molecule has 2 fully saturated rings. The monoisotopic (exact) mass is 282 g/mol. The van der Waals surface area contributed by atoms with Crippen molar-refractivity contribution in [3.8, 4) is 0 Å². The Labute approximate surface area is 122 Å². The first-order valence-electron chi connectivity index (χ1n) is 8.32. The molecule has 0 spiro atoms. The summed E-state index contributed by atoms with van der Waals surface area (Å²) in [5.41, 5.74) is 5.78. The maximum Gasteiger partial charge on any atom is 0.223 e. The van der Waals surface area contributed by atoms with Gasteiger partial charge >= 0.3 is 0 Å². The molecule has 0 aliphatic heterocycles. The van der Waals surface area contributed by atoms with Crippen LogP contribution < -0.4 is 11.1 Å². The van der Waals surface area contributed by atoms with E-state index in [1.165, 1.54) is 19.3 Å². The highest BCUT2D eigenvalue weighted by molar-refractivity contribution is 5.79. The van der Waals surface area contributed by atoms with Crippen molar-refractivity contribution in [3.05, 3.63) is 0 Å². The summed E-state index contributed by atoms with van der Waals surface area (Å²) in [6, 6.07) is 0.214. The van der Waals surface area contributed by atoms with E-state index in [0.29, 0.717) is 6.54 Å². The topological polar surface area (TPSA) is 64.3 Å². The van der Waals surface area contributed by atoms with E-state index in [2.05, 4.69) is 12.2 Å². The predicted molar refractivity (Wildman–Crippen MR) is 80.4 cm³/mol. The molecule has 2 atom stereocenters. The number of nitrogens with two attached hydrogens (primary N) is 1. The van der Waals surface area contributed by atoms with E-state index >= 15 is 0 Å². The van der Waals surface area contributed by atoms with Gasteiger partial charge in [-0.05, 0) is 38.5 Å². The third-order valence-corrected chi connectivity index (χ3v) is 4.81. The first-order chi connectivity index (χ1) is 9.65. The summed E-state index contributed by atoms with van der Waals surface area (Å²) >= 11 is 0. The van der Waals surface area contributed by atoms with Gasteiger partial charge in [-0.1, -0.05) is 26.2 Å². The van der Waals surface area contributed by atoms with Crippen LogP contribution in [0.5, 0.6) is 0 Å². The third-order valence-electron chi connectivity index (χ3n) is 4.81. The van der Waals surface area contributed by atoms with Crippen LogP contribution >= 0.6 is 0 Å². The standard InChI is InChI=1S/C16H30N2O2/c1-2-10-20-16(8-4-3-5-9-16)12-18-15(19)13-6-7-14(17)11-13/h13-14H,2-12,17H2,1H3,(H,18,19). The quantitative estimate of drug-likeness (QED) is 0.786. The minimum absolute atomic E-state index is 0.107. The van der Waals surface area contributed by atoms with Gasteiger partial charge in [-0.25, -0.2) is 0 Å². The number of hydrogen-bond acceptors (Lipinski definition) is 3. The van der Waals surface area contributed by atoms with Crippen molar-refractivity contribution in [1.82, 2.24) is 5.32 Å². The largest absolute Gasteiger partial charge is 0.373 e. The SMILES string of the molecule is CCCOC1(CNC(=O)C2CCC(N)C2)CCCCC1. The average Bonchev–Trinajstić information content (AvgIpc) is 2.90. The lowest BCUT2D eigenvalue weighted by molar-refractivity contribution is -0.128. The van der Waals surface area contributed by atoms with E-state index in [1.54, 1.807) is 0 Å². The Morgan fingerprint density at radius 2 is 2.05 bits per heavy atom. The Morgan fingerprint density at radius 1 is 1.30 bits per heavy atom. The van der Waals surface area contributed by atoms with Crippen LogP contribution in [-0.4, -0.2) is 30.7 Å². The zero-order chi connectivity index (χ0) is 14.4. The summed E-state index contributed by atoms with van der Waals surface area (Å²) in [7, 11) is 0. The van der Waals surface area contributed by atoms with Gasteiger partial charge in [-0.15, -0.1) is 0 Å². The molecule has 0 saturated heterocycles. The fourth-order valence-corrected chi connectivity index (χ4v) is 3.53. The Balaban J connectivity index is 1.83. The van der Waals surface area contributed by atoms with Crippen molar-refractivity contribution in [2.45, 2.75) is 76.4 Å². The minimum Gasteiger partial charge on any atom is -0.373 e. The highest BCUT2D eigenvalue weighted by atomic mass is 16.5. The first kappa shape index (κ1) is 15.8. The summed E-state index contributed by atoms with van der Waals surface area (Å²) in [6.45, 7) is 3.61. The zero-order valence-electron chi connectivity index (χ0n) is 12.8. The lowest BCUT2D eigenvalue weighted by Crippen LogP contribution is -2.47. The highest BCUT2D eigenvalue weighted by Gasteiger charge is 2.35. The maximum atomic E-state index is 12.2. The summed E-state index contributed by atoms with van der Waals surface area (Å²) in [5, 5.41) is 3.15. The normalized spacial score (nSPS) is 29.3. The van der Waals surface area contributed by atoms with Crippen LogP contribution in [-0.2, 0) is 9.53 Å². The van der Waals surface area contributed by atoms with Crippen molar-refractivity contribution in [3.63, 3.8) is 0 Å². The van der Waals surface area contributed by atoms with E-state index in [4.69, 9.17) is 10.5 Å². The molecule has 4 nitrogen and oxygen atoms in total. The second-order valence-corrected chi connectivity index (χ2v) is 6.58. The van der Waals surface area contributed by atoms with Crippen LogP contribution in [0.3, 0.4) is 0 Å². The zero-order valence-corrected chi connectivity index (χ0v) is 12.8. The first-order valence-corrected chi connectivity index (χ1v) is 8.32. The van der Waals surface area contributed by atoms with Crippen LogP contribution in [0.15, 0.2) is 0 Å². The van der Waals surface area contributed by atoms with Crippen LogP contribution in [0.2, 0.25) is 0 Å². The molecule has 2 aliphatic carbocycles. The molecule has 1 amide bonds. The summed E-state index contributed by atoms with van der Waals surface area (Å²) in [4.78, 5) is 12.2. The second-order valence-electron chi connectivity index (χ2n) is 6.58. The lowest BCUT2D eigenvalue weighted by atomic mass is 9.84. The molecule has 2 unspecified atom stereocenters. The molecule has 4 heteroatoms. The number of hydrogen-bond donors (Lipinski definition) is 2. The van der Waals surface area contributed by atoms with Gasteiger partial charge < -0.3 is 15.8 Å². The number of carbonyl (C=O) groups excluding carboxylic acids is 1. The molecule has 0 bridgehead atoms. The number of ether oxygens (including phenoxy) is 1. The van der Waals surface area contributed by atoms with E-state index in [1.807, 2.05) is 0 Å². The smallest absolute Gasteiger partial charge is 0.223 e. The molecule has 0 heterocycles. The Morgan fingerprint density at radius 3 is 2.65 bits per heavy atom. The molecule has 0 aromatic rings. The van der Waals surface area contributed by atoms with Gasteiger partial charge in [0.15, 0.2) is 0 Å². The molecule has 116 valence electrons. The van der Waals surface area contributed by atoms with Crippen molar-refractivity contribution in [1.29, 1.82) is 0 Å². The fraction of sp³-hybridized carbons (Fsp3) is 0.938. The van der Waals surface area contributed by atoms with Crippen LogP contribution in [0.1, 0.15) is 64.7 Å². The van der Waals surface area contributed by atoms with E-state index < -0.39 is 0 Å². The Kier molecular flexibility index (Phi) is 5.85. The molecule has 2 aliphatic rings. The van der Waals surface area contributed by atoms with Crippen molar-refractivity contribution < 1.29 is 9.53 Å². The van der Waals surface area contributed by atoms with Crippen molar-refractivity contribution >= 4 is 5.91 Å². The molecule has 2 rings (SSSR count). The number of nitrogens with one attached hydrogen (secondary N) is 1. The predicted octanol–water partition coefficient (Wildman–Crippen LogP) is 2.36. The number of amides is 1. The van der Waals surface area contributed by atoms with E-state index in [9.17, 15) is 4.79 Å². The van der Waals surface area contributed by atoms with Gasteiger partial charge in [0.25, 0.3) is 0 Å². The molecular formula is C16H30N2O2. The third kappa shape index (κ3) is 4.19. The van der Waals surface area contributed by atoms with Gasteiger partial charge in [0.1, 0.15) is 0 Å². The van der Waals surface area contributed by atoms with E-state index in [0.717, 1.165) is 45.1 Å². The molecule has 20 heavy (non-hydrogen) atoms. The molecular weight excluding hydrogens is 252 g/mol. The molecule has 3 N–H and O–H groups in total. The Hall–Kier alpha value is -0.610. The Bertz CT molecular complexity index is 314. The molecule has 0 radical (unpaired) electrons.